The summed E-state index contributed by atoms with van der Waals surface area (Å²) >= 11 is 4.50. The molecule has 0 unspecified atom stereocenters. The molecule has 1 saturated carbocycles. The van der Waals surface area contributed by atoms with Gasteiger partial charge >= 0.3 is 0 Å². The van der Waals surface area contributed by atoms with Crippen LogP contribution >= 0.6 is 23.5 Å². The van der Waals surface area contributed by atoms with Crippen molar-refractivity contribution in [3.05, 3.63) is 18.7 Å². The van der Waals surface area contributed by atoms with Gasteiger partial charge in [0.2, 0.25) is 0 Å². The zero-order chi connectivity index (χ0) is 15.1. The number of imidazole rings is 1. The molecule has 3 rings (SSSR count). The molecule has 2 fully saturated rings. The van der Waals surface area contributed by atoms with Gasteiger partial charge in [0, 0.05) is 30.4 Å². The van der Waals surface area contributed by atoms with Gasteiger partial charge in [-0.1, -0.05) is 44.9 Å². The number of nitrogens with zero attached hydrogens (tertiary/aromatic N) is 2. The molecule has 0 aromatic carbocycles. The van der Waals surface area contributed by atoms with Crippen LogP contribution in [0.4, 0.5) is 0 Å². The van der Waals surface area contributed by atoms with Gasteiger partial charge in [-0.05, 0) is 25.2 Å². The van der Waals surface area contributed by atoms with E-state index < -0.39 is 0 Å². The molecule has 22 heavy (non-hydrogen) atoms. The predicted octanol–water partition coefficient (Wildman–Crippen LogP) is 5.59. The molecule has 0 atom stereocenters. The lowest BCUT2D eigenvalue weighted by Crippen LogP contribution is -2.18. The predicted molar refractivity (Wildman–Crippen MR) is 99.5 cm³/mol. The molecule has 0 spiro atoms. The van der Waals surface area contributed by atoms with Crippen molar-refractivity contribution in [2.24, 2.45) is 5.92 Å². The Morgan fingerprint density at radius 3 is 2.55 bits per heavy atom. The van der Waals surface area contributed by atoms with E-state index in [1.165, 1.54) is 75.7 Å². The lowest BCUT2D eigenvalue weighted by atomic mass is 9.99. The van der Waals surface area contributed by atoms with E-state index in [0.29, 0.717) is 4.08 Å². The Kier molecular flexibility index (Phi) is 6.61. The Morgan fingerprint density at radius 1 is 1.05 bits per heavy atom. The lowest BCUT2D eigenvalue weighted by molar-refractivity contribution is 0.457. The third-order valence-electron chi connectivity index (χ3n) is 5.24. The van der Waals surface area contributed by atoms with Crippen LogP contribution in [0.5, 0.6) is 0 Å². The molecule has 0 N–H and O–H groups in total. The fourth-order valence-corrected chi connectivity index (χ4v) is 7.39. The molecule has 1 aliphatic heterocycles. The molecular formula is C18H30N2S2. The van der Waals surface area contributed by atoms with Crippen LogP contribution in [0.15, 0.2) is 18.7 Å². The van der Waals surface area contributed by atoms with E-state index in [-0.39, 0.29) is 0 Å². The van der Waals surface area contributed by atoms with Crippen LogP contribution in [0.2, 0.25) is 0 Å². The second-order valence-electron chi connectivity index (χ2n) is 6.91. The van der Waals surface area contributed by atoms with Crippen LogP contribution in [0.25, 0.3) is 0 Å². The Labute approximate surface area is 144 Å². The molecule has 1 saturated heterocycles. The minimum absolute atomic E-state index is 0.538. The van der Waals surface area contributed by atoms with E-state index in [4.69, 9.17) is 0 Å². The van der Waals surface area contributed by atoms with Gasteiger partial charge in [-0.25, -0.2) is 4.98 Å². The van der Waals surface area contributed by atoms with Gasteiger partial charge < -0.3 is 4.57 Å². The first-order valence-corrected chi connectivity index (χ1v) is 11.1. The van der Waals surface area contributed by atoms with Gasteiger partial charge in [0.25, 0.3) is 0 Å². The highest BCUT2D eigenvalue weighted by Crippen LogP contribution is 2.50. The molecule has 124 valence electrons. The monoisotopic (exact) mass is 338 g/mol. The molecule has 0 amide bonds. The fourth-order valence-electron chi connectivity index (χ4n) is 3.99. The number of hydrogen-bond donors (Lipinski definition) is 0. The lowest BCUT2D eigenvalue weighted by Gasteiger charge is -2.27. The number of thioether (sulfide) groups is 2. The van der Waals surface area contributed by atoms with Crippen LogP contribution < -0.4 is 0 Å². The number of aryl methyl sites for hydroxylation is 1. The second-order valence-corrected chi connectivity index (χ2v) is 10.1. The third-order valence-corrected chi connectivity index (χ3v) is 8.89. The molecular weight excluding hydrogens is 308 g/mol. The first-order valence-electron chi connectivity index (χ1n) is 9.10. The summed E-state index contributed by atoms with van der Waals surface area (Å²) in [6.45, 7) is 1.13. The molecule has 4 heteroatoms. The maximum atomic E-state index is 4.14. The minimum atomic E-state index is 0.538. The van der Waals surface area contributed by atoms with Crippen molar-refractivity contribution in [1.82, 2.24) is 9.55 Å². The summed E-state index contributed by atoms with van der Waals surface area (Å²) in [5.41, 5.74) is 0. The van der Waals surface area contributed by atoms with E-state index in [0.717, 1.165) is 12.5 Å². The number of aromatic nitrogens is 2. The van der Waals surface area contributed by atoms with Crippen molar-refractivity contribution >= 4 is 23.5 Å². The summed E-state index contributed by atoms with van der Waals surface area (Å²) < 4.78 is 2.76. The standard InChI is InChI=1S/C18H30N2S2/c1-2-7-17(6-1)8-3-4-9-18(21-14-15-22-18)10-5-12-20-13-11-19-16-20/h11,13,16-17H,1-10,12,14-15H2. The molecule has 2 aliphatic rings. The highest BCUT2D eigenvalue weighted by Gasteiger charge is 2.34. The summed E-state index contributed by atoms with van der Waals surface area (Å²) in [5.74, 6) is 3.79. The molecule has 1 aliphatic carbocycles. The summed E-state index contributed by atoms with van der Waals surface area (Å²) in [7, 11) is 0. The zero-order valence-electron chi connectivity index (χ0n) is 13.7. The quantitative estimate of drug-likeness (QED) is 0.547. The van der Waals surface area contributed by atoms with Crippen molar-refractivity contribution in [3.8, 4) is 0 Å². The van der Waals surface area contributed by atoms with Crippen molar-refractivity contribution in [1.29, 1.82) is 0 Å². The summed E-state index contributed by atoms with van der Waals surface area (Å²) in [6, 6.07) is 0. The van der Waals surface area contributed by atoms with Crippen LogP contribution in [0.1, 0.15) is 64.2 Å². The zero-order valence-corrected chi connectivity index (χ0v) is 15.3. The van der Waals surface area contributed by atoms with Gasteiger partial charge in [0.1, 0.15) is 0 Å². The van der Waals surface area contributed by atoms with Crippen LogP contribution in [0.3, 0.4) is 0 Å². The van der Waals surface area contributed by atoms with E-state index in [9.17, 15) is 0 Å². The molecule has 2 nitrogen and oxygen atoms in total. The number of rotatable bonds is 9. The molecule has 1 aromatic heterocycles. The molecule has 0 bridgehead atoms. The Balaban J connectivity index is 1.36. The van der Waals surface area contributed by atoms with Crippen LogP contribution in [0, 0.1) is 5.92 Å². The van der Waals surface area contributed by atoms with Crippen LogP contribution in [-0.4, -0.2) is 25.1 Å². The average Bonchev–Trinajstić information content (AvgIpc) is 3.27. The fraction of sp³-hybridized carbons (Fsp3) is 0.833. The van der Waals surface area contributed by atoms with Gasteiger partial charge in [-0.2, -0.15) is 0 Å². The SMILES string of the molecule is c1cn(CCCC2(CCCCC3CCCC3)SCCS2)cn1. The van der Waals surface area contributed by atoms with Gasteiger partial charge in [-0.3, -0.25) is 0 Å². The second kappa shape index (κ2) is 8.68. The normalized spacial score (nSPS) is 21.6. The Morgan fingerprint density at radius 2 is 1.82 bits per heavy atom. The first-order chi connectivity index (χ1) is 10.9. The molecule has 2 heterocycles. The maximum absolute atomic E-state index is 4.14. The average molecular weight is 339 g/mol. The minimum Gasteiger partial charge on any atom is -0.337 e. The van der Waals surface area contributed by atoms with Crippen molar-refractivity contribution < 1.29 is 0 Å². The third kappa shape index (κ3) is 4.95. The van der Waals surface area contributed by atoms with Crippen LogP contribution in [-0.2, 0) is 6.54 Å². The molecule has 1 aromatic rings. The van der Waals surface area contributed by atoms with E-state index in [1.54, 1.807) is 0 Å². The smallest absolute Gasteiger partial charge is 0.0945 e. The number of unbranched alkanes of at least 4 members (excludes halogenated alkanes) is 1. The summed E-state index contributed by atoms with van der Waals surface area (Å²) in [5, 5.41) is 0. The highest BCUT2D eigenvalue weighted by molar-refractivity contribution is 8.21. The van der Waals surface area contributed by atoms with Gasteiger partial charge in [0.05, 0.1) is 10.4 Å². The largest absolute Gasteiger partial charge is 0.337 e. The maximum Gasteiger partial charge on any atom is 0.0945 e. The van der Waals surface area contributed by atoms with Crippen molar-refractivity contribution in [3.63, 3.8) is 0 Å². The highest BCUT2D eigenvalue weighted by atomic mass is 32.2. The summed E-state index contributed by atoms with van der Waals surface area (Å²) in [4.78, 5) is 4.14. The van der Waals surface area contributed by atoms with E-state index in [2.05, 4.69) is 39.3 Å². The summed E-state index contributed by atoms with van der Waals surface area (Å²) in [6.07, 6.45) is 20.4. The topological polar surface area (TPSA) is 17.8 Å². The Hall–Kier alpha value is -0.0900. The van der Waals surface area contributed by atoms with E-state index >= 15 is 0 Å². The van der Waals surface area contributed by atoms with Gasteiger partial charge in [0.15, 0.2) is 0 Å². The molecule has 0 radical (unpaired) electrons. The van der Waals surface area contributed by atoms with Crippen molar-refractivity contribution in [2.45, 2.75) is 74.8 Å². The van der Waals surface area contributed by atoms with Crippen molar-refractivity contribution in [2.75, 3.05) is 11.5 Å². The Bertz CT molecular complexity index is 407. The van der Waals surface area contributed by atoms with E-state index in [1.807, 2.05) is 12.5 Å². The first kappa shape index (κ1) is 16.8. The number of hydrogen-bond acceptors (Lipinski definition) is 3. The van der Waals surface area contributed by atoms with Gasteiger partial charge in [-0.15, -0.1) is 23.5 Å².